The van der Waals surface area contributed by atoms with Crippen molar-refractivity contribution in [1.82, 2.24) is 5.32 Å². The number of nitrogens with one attached hydrogen (secondary N) is 1. The average Bonchev–Trinajstić information content (AvgIpc) is 2.89. The molecule has 1 aliphatic rings. The highest BCUT2D eigenvalue weighted by Crippen LogP contribution is 2.37. The van der Waals surface area contributed by atoms with Crippen LogP contribution in [0.4, 0.5) is 0 Å². The molecule has 19 heavy (non-hydrogen) atoms. The van der Waals surface area contributed by atoms with E-state index in [-0.39, 0.29) is 17.4 Å². The lowest BCUT2D eigenvalue weighted by Crippen LogP contribution is -2.44. The van der Waals surface area contributed by atoms with Gasteiger partial charge in [0.1, 0.15) is 0 Å². The number of amides is 1. The van der Waals surface area contributed by atoms with Gasteiger partial charge in [0.25, 0.3) is 0 Å². The molecule has 0 aromatic heterocycles. The lowest BCUT2D eigenvalue weighted by Gasteiger charge is -2.28. The lowest BCUT2D eigenvalue weighted by atomic mass is 9.85. The summed E-state index contributed by atoms with van der Waals surface area (Å²) in [6.45, 7) is 4.55. The number of nitrogens with two attached hydrogens (primary N) is 1. The van der Waals surface area contributed by atoms with Crippen LogP contribution in [0.3, 0.4) is 0 Å². The van der Waals surface area contributed by atoms with Crippen LogP contribution < -0.4 is 11.1 Å². The standard InChI is InChI=1S/C16H24N2O/c1-12-5-7-14(8-6-12)13(2)18-15(19)16(11-17)9-3-4-10-16/h5-8,13H,3-4,9-11,17H2,1-2H3,(H,18,19)/t13-/m1/s1. The number of hydrogen-bond donors (Lipinski definition) is 2. The molecule has 2 rings (SSSR count). The minimum atomic E-state index is -0.320. The third-order valence-corrected chi connectivity index (χ3v) is 4.36. The molecule has 1 aromatic rings. The van der Waals surface area contributed by atoms with Crippen molar-refractivity contribution in [3.63, 3.8) is 0 Å². The Labute approximate surface area is 115 Å². The topological polar surface area (TPSA) is 55.1 Å². The molecule has 1 atom stereocenters. The second kappa shape index (κ2) is 5.74. The van der Waals surface area contributed by atoms with Gasteiger partial charge >= 0.3 is 0 Å². The zero-order chi connectivity index (χ0) is 13.9. The summed E-state index contributed by atoms with van der Waals surface area (Å²) in [7, 11) is 0. The fourth-order valence-electron chi connectivity index (χ4n) is 2.86. The molecule has 1 aromatic carbocycles. The van der Waals surface area contributed by atoms with E-state index < -0.39 is 0 Å². The predicted molar refractivity (Wildman–Crippen MR) is 77.7 cm³/mol. The lowest BCUT2D eigenvalue weighted by molar-refractivity contribution is -0.131. The van der Waals surface area contributed by atoms with E-state index in [0.717, 1.165) is 31.2 Å². The SMILES string of the molecule is Cc1ccc([C@@H](C)NC(=O)C2(CN)CCCC2)cc1. The van der Waals surface area contributed by atoms with E-state index in [2.05, 4.69) is 36.5 Å². The third kappa shape index (κ3) is 2.98. The molecule has 3 N–H and O–H groups in total. The van der Waals surface area contributed by atoms with Crippen molar-refractivity contribution >= 4 is 5.91 Å². The van der Waals surface area contributed by atoms with E-state index in [9.17, 15) is 4.79 Å². The van der Waals surface area contributed by atoms with Crippen LogP contribution in [-0.2, 0) is 4.79 Å². The molecule has 3 heteroatoms. The van der Waals surface area contributed by atoms with Gasteiger partial charge in [-0.1, -0.05) is 42.7 Å². The Hall–Kier alpha value is -1.35. The first-order chi connectivity index (χ1) is 9.07. The van der Waals surface area contributed by atoms with Gasteiger partial charge in [0, 0.05) is 6.54 Å². The molecule has 0 unspecified atom stereocenters. The largest absolute Gasteiger partial charge is 0.349 e. The summed E-state index contributed by atoms with van der Waals surface area (Å²) in [5.74, 6) is 0.126. The Balaban J connectivity index is 2.04. The van der Waals surface area contributed by atoms with Crippen LogP contribution in [0.5, 0.6) is 0 Å². The summed E-state index contributed by atoms with van der Waals surface area (Å²) < 4.78 is 0. The van der Waals surface area contributed by atoms with Crippen molar-refractivity contribution in [3.05, 3.63) is 35.4 Å². The van der Waals surface area contributed by atoms with Crippen LogP contribution in [0.2, 0.25) is 0 Å². The number of carbonyl (C=O) groups is 1. The van der Waals surface area contributed by atoms with Crippen LogP contribution >= 0.6 is 0 Å². The number of carbonyl (C=O) groups excluding carboxylic acids is 1. The van der Waals surface area contributed by atoms with Crippen LogP contribution in [0.25, 0.3) is 0 Å². The van der Waals surface area contributed by atoms with Gasteiger partial charge in [-0.25, -0.2) is 0 Å². The fraction of sp³-hybridized carbons (Fsp3) is 0.562. The average molecular weight is 260 g/mol. The van der Waals surface area contributed by atoms with E-state index in [1.165, 1.54) is 5.56 Å². The first-order valence-electron chi connectivity index (χ1n) is 7.15. The highest BCUT2D eigenvalue weighted by molar-refractivity contribution is 5.83. The first-order valence-corrected chi connectivity index (χ1v) is 7.15. The monoisotopic (exact) mass is 260 g/mol. The Kier molecular flexibility index (Phi) is 4.25. The highest BCUT2D eigenvalue weighted by atomic mass is 16.2. The molecule has 0 bridgehead atoms. The molecule has 0 aliphatic heterocycles. The molecule has 3 nitrogen and oxygen atoms in total. The van der Waals surface area contributed by atoms with Gasteiger partial charge in [-0.2, -0.15) is 0 Å². The number of benzene rings is 1. The summed E-state index contributed by atoms with van der Waals surface area (Å²) >= 11 is 0. The van der Waals surface area contributed by atoms with Gasteiger partial charge < -0.3 is 11.1 Å². The maximum absolute atomic E-state index is 12.5. The van der Waals surface area contributed by atoms with Crippen LogP contribution in [0.15, 0.2) is 24.3 Å². The first kappa shape index (κ1) is 14.1. The quantitative estimate of drug-likeness (QED) is 0.874. The van der Waals surface area contributed by atoms with E-state index >= 15 is 0 Å². The molecule has 1 aliphatic carbocycles. The highest BCUT2D eigenvalue weighted by Gasteiger charge is 2.40. The Morgan fingerprint density at radius 3 is 2.42 bits per heavy atom. The van der Waals surface area contributed by atoms with Crippen molar-refractivity contribution in [1.29, 1.82) is 0 Å². The van der Waals surface area contributed by atoms with E-state index in [1.807, 2.05) is 6.92 Å². The Morgan fingerprint density at radius 2 is 1.89 bits per heavy atom. The molecule has 1 amide bonds. The number of hydrogen-bond acceptors (Lipinski definition) is 2. The maximum Gasteiger partial charge on any atom is 0.227 e. The predicted octanol–water partition coefficient (Wildman–Crippen LogP) is 2.69. The second-order valence-electron chi connectivity index (χ2n) is 5.80. The zero-order valence-corrected chi connectivity index (χ0v) is 11.9. The van der Waals surface area contributed by atoms with E-state index in [1.54, 1.807) is 0 Å². The maximum atomic E-state index is 12.5. The number of rotatable bonds is 4. The molecule has 104 valence electrons. The fourth-order valence-corrected chi connectivity index (χ4v) is 2.86. The smallest absolute Gasteiger partial charge is 0.227 e. The van der Waals surface area contributed by atoms with Crippen molar-refractivity contribution in [2.75, 3.05) is 6.54 Å². The molecule has 1 saturated carbocycles. The minimum absolute atomic E-state index is 0.0390. The Bertz CT molecular complexity index is 433. The summed E-state index contributed by atoms with van der Waals surface area (Å²) in [6.07, 6.45) is 4.08. The molecular weight excluding hydrogens is 236 g/mol. The van der Waals surface area contributed by atoms with Gasteiger partial charge in [0.15, 0.2) is 0 Å². The van der Waals surface area contributed by atoms with Gasteiger partial charge in [0.05, 0.1) is 11.5 Å². The van der Waals surface area contributed by atoms with Crippen molar-refractivity contribution < 1.29 is 4.79 Å². The van der Waals surface area contributed by atoms with Crippen molar-refractivity contribution in [2.45, 2.75) is 45.6 Å². The molecule has 0 saturated heterocycles. The summed E-state index contributed by atoms with van der Waals surface area (Å²) in [5, 5.41) is 3.13. The van der Waals surface area contributed by atoms with Gasteiger partial charge in [-0.05, 0) is 32.3 Å². The Morgan fingerprint density at radius 1 is 1.32 bits per heavy atom. The van der Waals surface area contributed by atoms with Crippen LogP contribution in [0, 0.1) is 12.3 Å². The molecule has 0 spiro atoms. The summed E-state index contributed by atoms with van der Waals surface area (Å²) in [6, 6.07) is 8.34. The normalized spacial score (nSPS) is 19.1. The van der Waals surface area contributed by atoms with E-state index in [4.69, 9.17) is 5.73 Å². The van der Waals surface area contributed by atoms with Crippen molar-refractivity contribution in [2.24, 2.45) is 11.1 Å². The second-order valence-corrected chi connectivity index (χ2v) is 5.80. The van der Waals surface area contributed by atoms with E-state index in [0.29, 0.717) is 6.54 Å². The van der Waals surface area contributed by atoms with Gasteiger partial charge in [0.2, 0.25) is 5.91 Å². The van der Waals surface area contributed by atoms with Gasteiger partial charge in [-0.3, -0.25) is 4.79 Å². The van der Waals surface area contributed by atoms with Crippen LogP contribution in [-0.4, -0.2) is 12.5 Å². The number of aryl methyl sites for hydroxylation is 1. The summed E-state index contributed by atoms with van der Waals surface area (Å²) in [5.41, 5.74) is 7.90. The van der Waals surface area contributed by atoms with Gasteiger partial charge in [-0.15, -0.1) is 0 Å². The zero-order valence-electron chi connectivity index (χ0n) is 11.9. The molecule has 1 fully saturated rings. The molecular formula is C16H24N2O. The molecule has 0 heterocycles. The summed E-state index contributed by atoms with van der Waals surface area (Å²) in [4.78, 5) is 12.5. The molecule has 0 radical (unpaired) electrons. The van der Waals surface area contributed by atoms with Crippen molar-refractivity contribution in [3.8, 4) is 0 Å². The van der Waals surface area contributed by atoms with Crippen LogP contribution in [0.1, 0.15) is 49.8 Å². The minimum Gasteiger partial charge on any atom is -0.349 e. The third-order valence-electron chi connectivity index (χ3n) is 4.36.